The minimum atomic E-state index is -1.61. The van der Waals surface area contributed by atoms with E-state index in [1.54, 1.807) is 6.07 Å². The molecule has 9 nitrogen and oxygen atoms in total. The highest BCUT2D eigenvalue weighted by Gasteiger charge is 2.26. The van der Waals surface area contributed by atoms with Gasteiger partial charge in [-0.3, -0.25) is 14.8 Å². The fourth-order valence-corrected chi connectivity index (χ4v) is 3.13. The number of nitrogens with one attached hydrogen (secondary N) is 2. The normalized spacial score (nSPS) is 15.2. The van der Waals surface area contributed by atoms with Crippen molar-refractivity contribution in [3.8, 4) is 0 Å². The Hall–Kier alpha value is -2.59. The summed E-state index contributed by atoms with van der Waals surface area (Å²) in [7, 11) is 0. The van der Waals surface area contributed by atoms with Crippen molar-refractivity contribution in [3.05, 3.63) is 49.7 Å². The number of aliphatic hydroxyl groups excluding tert-OH is 4. The zero-order valence-corrected chi connectivity index (χ0v) is 14.9. The summed E-state index contributed by atoms with van der Waals surface area (Å²) in [5, 5.41) is 39.6. The molecular formula is C18H21N3O6. The van der Waals surface area contributed by atoms with Gasteiger partial charge < -0.3 is 20.4 Å². The molecule has 2 aromatic heterocycles. The molecule has 0 saturated heterocycles. The summed E-state index contributed by atoms with van der Waals surface area (Å²) in [4.78, 5) is 33.0. The number of aryl methyl sites for hydroxylation is 2. The number of hydrogen-bond acceptors (Lipinski definition) is 7. The molecule has 9 heteroatoms. The number of pyridine rings is 1. The molecule has 3 rings (SSSR count). The second-order valence-corrected chi connectivity index (χ2v) is 6.69. The van der Waals surface area contributed by atoms with Crippen LogP contribution >= 0.6 is 0 Å². The van der Waals surface area contributed by atoms with Crippen LogP contribution in [0.15, 0.2) is 21.7 Å². The Morgan fingerprint density at radius 2 is 1.70 bits per heavy atom. The third-order valence-corrected chi connectivity index (χ3v) is 4.78. The summed E-state index contributed by atoms with van der Waals surface area (Å²) < 4.78 is 0. The summed E-state index contributed by atoms with van der Waals surface area (Å²) in [5.74, 6) is 0. The second kappa shape index (κ2) is 7.20. The van der Waals surface area contributed by atoms with Crippen LogP contribution in [0.25, 0.3) is 21.9 Å². The first-order valence-electron chi connectivity index (χ1n) is 8.44. The fraction of sp³-hybridized carbons (Fsp3) is 0.389. The van der Waals surface area contributed by atoms with E-state index in [0.29, 0.717) is 16.5 Å². The van der Waals surface area contributed by atoms with Gasteiger partial charge in [0.15, 0.2) is 0 Å². The van der Waals surface area contributed by atoms with Crippen LogP contribution in [0.3, 0.4) is 0 Å². The highest BCUT2D eigenvalue weighted by molar-refractivity contribution is 5.96. The Morgan fingerprint density at radius 3 is 2.37 bits per heavy atom. The number of benzene rings is 1. The van der Waals surface area contributed by atoms with Crippen LogP contribution in [-0.2, 0) is 6.42 Å². The second-order valence-electron chi connectivity index (χ2n) is 6.69. The van der Waals surface area contributed by atoms with Crippen LogP contribution in [0.1, 0.15) is 16.7 Å². The molecule has 0 radical (unpaired) electrons. The number of fused-ring (bicyclic) bond motifs is 2. The molecule has 0 unspecified atom stereocenters. The molecule has 6 N–H and O–H groups in total. The van der Waals surface area contributed by atoms with Crippen molar-refractivity contribution in [2.45, 2.75) is 38.6 Å². The first kappa shape index (κ1) is 19.2. The molecule has 0 saturated carbocycles. The van der Waals surface area contributed by atoms with E-state index in [1.807, 2.05) is 19.9 Å². The van der Waals surface area contributed by atoms with Crippen molar-refractivity contribution in [3.63, 3.8) is 0 Å². The maximum absolute atomic E-state index is 12.4. The van der Waals surface area contributed by atoms with Crippen molar-refractivity contribution < 1.29 is 20.4 Å². The topological polar surface area (TPSA) is 160 Å². The Bertz CT molecular complexity index is 1120. The molecule has 0 spiro atoms. The molecule has 0 bridgehead atoms. The molecule has 0 fully saturated rings. The lowest BCUT2D eigenvalue weighted by atomic mass is 9.94. The van der Waals surface area contributed by atoms with Gasteiger partial charge in [0.05, 0.1) is 23.6 Å². The van der Waals surface area contributed by atoms with Crippen molar-refractivity contribution in [1.82, 2.24) is 15.0 Å². The summed E-state index contributed by atoms with van der Waals surface area (Å²) in [5.41, 5.74) is 1.50. The molecule has 144 valence electrons. The monoisotopic (exact) mass is 375 g/mol. The molecule has 0 aliphatic heterocycles. The van der Waals surface area contributed by atoms with Gasteiger partial charge in [-0.05, 0) is 42.7 Å². The number of H-pyrrole nitrogens is 2. The van der Waals surface area contributed by atoms with E-state index in [1.165, 1.54) is 0 Å². The lowest BCUT2D eigenvalue weighted by molar-refractivity contribution is -0.0754. The number of hydrogen-bond donors (Lipinski definition) is 6. The van der Waals surface area contributed by atoms with E-state index in [-0.39, 0.29) is 17.5 Å². The van der Waals surface area contributed by atoms with E-state index in [9.17, 15) is 24.9 Å². The molecule has 2 heterocycles. The maximum atomic E-state index is 12.4. The first-order chi connectivity index (χ1) is 12.7. The van der Waals surface area contributed by atoms with Crippen molar-refractivity contribution in [2.75, 3.05) is 6.61 Å². The third kappa shape index (κ3) is 3.50. The number of nitrogens with zero attached hydrogens (tertiary/aromatic N) is 1. The number of rotatable bonds is 5. The van der Waals surface area contributed by atoms with Gasteiger partial charge in [-0.1, -0.05) is 0 Å². The van der Waals surface area contributed by atoms with E-state index in [0.717, 1.165) is 11.1 Å². The Morgan fingerprint density at radius 1 is 1.04 bits per heavy atom. The molecule has 0 aliphatic rings. The van der Waals surface area contributed by atoms with Crippen LogP contribution in [0.4, 0.5) is 0 Å². The van der Waals surface area contributed by atoms with E-state index in [4.69, 9.17) is 5.11 Å². The van der Waals surface area contributed by atoms with Gasteiger partial charge in [0.25, 0.3) is 5.56 Å². The third-order valence-electron chi connectivity index (χ3n) is 4.78. The molecule has 27 heavy (non-hydrogen) atoms. The molecule has 0 amide bonds. The predicted octanol–water partition coefficient (Wildman–Crippen LogP) is -1.00. The van der Waals surface area contributed by atoms with Crippen molar-refractivity contribution in [1.29, 1.82) is 0 Å². The summed E-state index contributed by atoms with van der Waals surface area (Å²) in [6.07, 6.45) is -4.78. The molecule has 3 aromatic rings. The zero-order chi connectivity index (χ0) is 19.9. The van der Waals surface area contributed by atoms with Crippen molar-refractivity contribution >= 4 is 21.9 Å². The Labute approximate surface area is 153 Å². The lowest BCUT2D eigenvalue weighted by Crippen LogP contribution is -2.40. The largest absolute Gasteiger partial charge is 0.394 e. The summed E-state index contributed by atoms with van der Waals surface area (Å²) >= 11 is 0. The molecule has 0 aliphatic carbocycles. The van der Waals surface area contributed by atoms with Crippen LogP contribution in [0, 0.1) is 13.8 Å². The quantitative estimate of drug-likeness (QED) is 0.312. The maximum Gasteiger partial charge on any atom is 0.327 e. The predicted molar refractivity (Wildman–Crippen MR) is 98.8 cm³/mol. The minimum absolute atomic E-state index is 0.0684. The van der Waals surface area contributed by atoms with Crippen LogP contribution < -0.4 is 11.2 Å². The van der Waals surface area contributed by atoms with Crippen LogP contribution in [-0.4, -0.2) is 60.3 Å². The smallest absolute Gasteiger partial charge is 0.327 e. The minimum Gasteiger partial charge on any atom is -0.394 e. The van der Waals surface area contributed by atoms with Gasteiger partial charge in [0.1, 0.15) is 17.9 Å². The van der Waals surface area contributed by atoms with Gasteiger partial charge >= 0.3 is 5.69 Å². The molecule has 1 aromatic carbocycles. The van der Waals surface area contributed by atoms with Gasteiger partial charge in [-0.2, -0.15) is 0 Å². The van der Waals surface area contributed by atoms with E-state index < -0.39 is 36.2 Å². The average molecular weight is 375 g/mol. The fourth-order valence-electron chi connectivity index (χ4n) is 3.13. The Balaban J connectivity index is 2.30. The highest BCUT2D eigenvalue weighted by Crippen LogP contribution is 2.27. The standard InChI is InChI=1S/C18H21N3O6/c1-7-3-9-10(5-12(23)15(25)13(24)6-22)14-16(19-11(9)4-8(7)2)20-18(27)21-17(14)26/h3-4,12-13,15,22-25H,5-6H2,1-2H3,(H2,19,20,21,26,27)/t12-,13+,15-/m0/s1. The van der Waals surface area contributed by atoms with Gasteiger partial charge in [-0.15, -0.1) is 0 Å². The number of aliphatic hydroxyl groups is 4. The molecular weight excluding hydrogens is 354 g/mol. The SMILES string of the molecule is Cc1cc2nc3[nH]c(=O)[nH]c(=O)c3c(C[C@H](O)[C@H](O)[C@H](O)CO)c2cc1C. The summed E-state index contributed by atoms with van der Waals surface area (Å²) in [6.45, 7) is 3.07. The van der Waals surface area contributed by atoms with Crippen LogP contribution in [0.2, 0.25) is 0 Å². The zero-order valence-electron chi connectivity index (χ0n) is 14.9. The molecule has 3 atom stereocenters. The van der Waals surface area contributed by atoms with E-state index >= 15 is 0 Å². The lowest BCUT2D eigenvalue weighted by Gasteiger charge is -2.22. The van der Waals surface area contributed by atoms with Gasteiger partial charge in [0, 0.05) is 11.8 Å². The summed E-state index contributed by atoms with van der Waals surface area (Å²) in [6, 6.07) is 3.62. The van der Waals surface area contributed by atoms with E-state index in [2.05, 4.69) is 15.0 Å². The van der Waals surface area contributed by atoms with Gasteiger partial charge in [0.2, 0.25) is 0 Å². The number of aromatic amines is 2. The van der Waals surface area contributed by atoms with Crippen LogP contribution in [0.5, 0.6) is 0 Å². The average Bonchev–Trinajstić information content (AvgIpc) is 2.61. The Kier molecular flexibility index (Phi) is 5.11. The van der Waals surface area contributed by atoms with Crippen molar-refractivity contribution in [2.24, 2.45) is 0 Å². The number of aromatic nitrogens is 3. The first-order valence-corrected chi connectivity index (χ1v) is 8.44. The highest BCUT2D eigenvalue weighted by atomic mass is 16.4. The van der Waals surface area contributed by atoms with Gasteiger partial charge in [-0.25, -0.2) is 9.78 Å².